The largest absolute Gasteiger partial charge is 0.497 e. The summed E-state index contributed by atoms with van der Waals surface area (Å²) in [5.41, 5.74) is 2.24. The van der Waals surface area contributed by atoms with Gasteiger partial charge in [-0.3, -0.25) is 9.69 Å². The number of hydrogen-bond donors (Lipinski definition) is 1. The van der Waals surface area contributed by atoms with Crippen LogP contribution < -0.4 is 10.1 Å². The molecule has 1 aliphatic heterocycles. The minimum absolute atomic E-state index is 0.0730. The van der Waals surface area contributed by atoms with Gasteiger partial charge < -0.3 is 10.1 Å². The average Bonchev–Trinajstić information content (AvgIpc) is 2.74. The molecule has 1 atom stereocenters. The molecule has 1 heterocycles. The van der Waals surface area contributed by atoms with Gasteiger partial charge in [0.05, 0.1) is 18.9 Å². The summed E-state index contributed by atoms with van der Waals surface area (Å²) >= 11 is 0. The second-order valence-corrected chi connectivity index (χ2v) is 10.0. The maximum absolute atomic E-state index is 12.8. The number of ether oxygens (including phenoxy) is 1. The maximum atomic E-state index is 12.8. The molecular formula is C23H30N2O4S. The molecule has 0 aliphatic carbocycles. The van der Waals surface area contributed by atoms with Crippen LogP contribution >= 0.6 is 0 Å². The van der Waals surface area contributed by atoms with Gasteiger partial charge in [-0.15, -0.1) is 0 Å². The van der Waals surface area contributed by atoms with Crippen molar-refractivity contribution in [3.05, 3.63) is 65.2 Å². The van der Waals surface area contributed by atoms with Gasteiger partial charge in [-0.25, -0.2) is 8.42 Å². The Balaban J connectivity index is 1.73. The summed E-state index contributed by atoms with van der Waals surface area (Å²) in [7, 11) is -1.50. The molecule has 0 radical (unpaired) electrons. The molecule has 1 aliphatic rings. The molecule has 1 saturated heterocycles. The van der Waals surface area contributed by atoms with Crippen molar-refractivity contribution < 1.29 is 17.9 Å². The van der Waals surface area contributed by atoms with Crippen LogP contribution in [0.25, 0.3) is 0 Å². The Labute approximate surface area is 179 Å². The van der Waals surface area contributed by atoms with Crippen LogP contribution in [-0.2, 0) is 15.6 Å². The van der Waals surface area contributed by atoms with Crippen LogP contribution in [0.4, 0.5) is 0 Å². The van der Waals surface area contributed by atoms with Crippen molar-refractivity contribution in [1.29, 1.82) is 0 Å². The second-order valence-electron chi connectivity index (χ2n) is 7.87. The highest BCUT2D eigenvalue weighted by Gasteiger charge is 2.23. The highest BCUT2D eigenvalue weighted by molar-refractivity contribution is 7.89. The lowest BCUT2D eigenvalue weighted by Crippen LogP contribution is -2.40. The van der Waals surface area contributed by atoms with E-state index in [-0.39, 0.29) is 17.7 Å². The summed E-state index contributed by atoms with van der Waals surface area (Å²) in [4.78, 5) is 15.2. The van der Waals surface area contributed by atoms with Gasteiger partial charge in [0.1, 0.15) is 5.75 Å². The predicted octanol–water partition coefficient (Wildman–Crippen LogP) is 3.20. The van der Waals surface area contributed by atoms with E-state index in [1.54, 1.807) is 31.4 Å². The van der Waals surface area contributed by atoms with Gasteiger partial charge in [0, 0.05) is 18.4 Å². The fraction of sp³-hybridized carbons (Fsp3) is 0.435. The molecule has 1 fully saturated rings. The predicted molar refractivity (Wildman–Crippen MR) is 118 cm³/mol. The van der Waals surface area contributed by atoms with Gasteiger partial charge in [0.2, 0.25) is 0 Å². The van der Waals surface area contributed by atoms with Crippen LogP contribution in [0.1, 0.15) is 46.8 Å². The molecule has 1 N–H and O–H groups in total. The van der Waals surface area contributed by atoms with Crippen LogP contribution in [0.2, 0.25) is 0 Å². The number of benzene rings is 2. The number of carbonyl (C=O) groups is 1. The Kier molecular flexibility index (Phi) is 7.50. The van der Waals surface area contributed by atoms with E-state index in [1.807, 2.05) is 12.1 Å². The van der Waals surface area contributed by atoms with Crippen LogP contribution in [0.15, 0.2) is 48.5 Å². The Morgan fingerprint density at radius 1 is 1.10 bits per heavy atom. The Bertz CT molecular complexity index is 951. The van der Waals surface area contributed by atoms with Gasteiger partial charge in [0.25, 0.3) is 5.91 Å². The lowest BCUT2D eigenvalue weighted by molar-refractivity contribution is 0.0924. The van der Waals surface area contributed by atoms with Crippen LogP contribution in [0.3, 0.4) is 0 Å². The zero-order chi connectivity index (χ0) is 21.6. The lowest BCUT2D eigenvalue weighted by atomic mass is 10.0. The van der Waals surface area contributed by atoms with Crippen LogP contribution in [-0.4, -0.2) is 52.2 Å². The van der Waals surface area contributed by atoms with Crippen molar-refractivity contribution in [3.63, 3.8) is 0 Å². The maximum Gasteiger partial charge on any atom is 0.251 e. The Hall–Kier alpha value is -2.38. The minimum atomic E-state index is -3.15. The van der Waals surface area contributed by atoms with Crippen molar-refractivity contribution >= 4 is 15.7 Å². The van der Waals surface area contributed by atoms with Crippen molar-refractivity contribution in [2.75, 3.05) is 33.0 Å². The van der Waals surface area contributed by atoms with Gasteiger partial charge in [-0.1, -0.05) is 30.7 Å². The monoisotopic (exact) mass is 430 g/mol. The third-order valence-electron chi connectivity index (χ3n) is 5.41. The lowest BCUT2D eigenvalue weighted by Gasteiger charge is -2.35. The van der Waals surface area contributed by atoms with Gasteiger partial charge in [-0.2, -0.15) is 0 Å². The number of likely N-dealkylation sites (tertiary alicyclic amines) is 1. The summed E-state index contributed by atoms with van der Waals surface area (Å²) in [6.07, 6.45) is 4.76. The number of hydrogen-bond acceptors (Lipinski definition) is 5. The first kappa shape index (κ1) is 22.3. The Morgan fingerprint density at radius 3 is 2.43 bits per heavy atom. The standard InChI is InChI=1S/C23H30N2O4S/c1-29-21-11-9-19(10-12-21)22(25-13-4-3-5-14-25)16-24-23(26)20-8-6-7-18(15-20)17-30(2,27)28/h6-12,15,22H,3-5,13-14,16-17H2,1-2H3,(H,24,26). The third kappa shape index (κ3) is 6.31. The first-order valence-electron chi connectivity index (χ1n) is 10.3. The molecule has 6 nitrogen and oxygen atoms in total. The highest BCUT2D eigenvalue weighted by Crippen LogP contribution is 2.26. The molecule has 0 spiro atoms. The molecule has 0 saturated carbocycles. The third-order valence-corrected chi connectivity index (χ3v) is 6.26. The van der Waals surface area contributed by atoms with Gasteiger partial charge >= 0.3 is 0 Å². The van der Waals surface area contributed by atoms with Crippen LogP contribution in [0, 0.1) is 0 Å². The molecule has 7 heteroatoms. The van der Waals surface area contributed by atoms with E-state index in [9.17, 15) is 13.2 Å². The molecule has 0 aromatic heterocycles. The fourth-order valence-electron chi connectivity index (χ4n) is 3.91. The van der Waals surface area contributed by atoms with Crippen LogP contribution in [0.5, 0.6) is 5.75 Å². The minimum Gasteiger partial charge on any atom is -0.497 e. The molecule has 2 aromatic rings. The zero-order valence-electron chi connectivity index (χ0n) is 17.6. The molecule has 2 aromatic carbocycles. The van der Waals surface area contributed by atoms with Gasteiger partial charge in [-0.05, 0) is 61.3 Å². The SMILES string of the molecule is COc1ccc(C(CNC(=O)c2cccc(CS(C)(=O)=O)c2)N2CCCCC2)cc1. The van der Waals surface area contributed by atoms with E-state index in [0.29, 0.717) is 17.7 Å². The second kappa shape index (κ2) is 10.1. The summed E-state index contributed by atoms with van der Waals surface area (Å²) in [6.45, 7) is 2.51. The van der Waals surface area contributed by atoms with E-state index in [4.69, 9.17) is 4.74 Å². The average molecular weight is 431 g/mol. The highest BCUT2D eigenvalue weighted by atomic mass is 32.2. The number of sulfone groups is 1. The number of nitrogens with zero attached hydrogens (tertiary/aromatic N) is 1. The summed E-state index contributed by atoms with van der Waals surface area (Å²) in [5.74, 6) is 0.542. The Morgan fingerprint density at radius 2 is 1.80 bits per heavy atom. The van der Waals surface area contributed by atoms with E-state index in [1.165, 1.54) is 12.7 Å². The number of piperidine rings is 1. The van der Waals surface area contributed by atoms with Crippen molar-refractivity contribution in [3.8, 4) is 5.75 Å². The smallest absolute Gasteiger partial charge is 0.251 e. The first-order valence-corrected chi connectivity index (χ1v) is 12.3. The van der Waals surface area contributed by atoms with E-state index >= 15 is 0 Å². The molecular weight excluding hydrogens is 400 g/mol. The molecule has 3 rings (SSSR count). The molecule has 1 unspecified atom stereocenters. The number of rotatable bonds is 8. The fourth-order valence-corrected chi connectivity index (χ4v) is 4.70. The van der Waals surface area contributed by atoms with Crippen molar-refractivity contribution in [2.45, 2.75) is 31.1 Å². The molecule has 0 bridgehead atoms. The van der Waals surface area contributed by atoms with Gasteiger partial charge in [0.15, 0.2) is 9.84 Å². The summed E-state index contributed by atoms with van der Waals surface area (Å²) < 4.78 is 28.4. The summed E-state index contributed by atoms with van der Waals surface area (Å²) in [6, 6.07) is 14.9. The number of amides is 1. The number of carbonyl (C=O) groups excluding carboxylic acids is 1. The zero-order valence-corrected chi connectivity index (χ0v) is 18.5. The topological polar surface area (TPSA) is 75.7 Å². The van der Waals surface area contributed by atoms with E-state index in [0.717, 1.165) is 37.2 Å². The quantitative estimate of drug-likeness (QED) is 0.696. The van der Waals surface area contributed by atoms with Crippen molar-refractivity contribution in [1.82, 2.24) is 10.2 Å². The normalized spacial score (nSPS) is 16.1. The first-order chi connectivity index (χ1) is 14.4. The number of nitrogens with one attached hydrogen (secondary N) is 1. The van der Waals surface area contributed by atoms with Crippen molar-refractivity contribution in [2.24, 2.45) is 0 Å². The molecule has 162 valence electrons. The molecule has 1 amide bonds. The summed E-state index contributed by atoms with van der Waals surface area (Å²) in [5, 5.41) is 3.05. The number of methoxy groups -OCH3 is 1. The van der Waals surface area contributed by atoms with E-state index < -0.39 is 9.84 Å². The van der Waals surface area contributed by atoms with E-state index in [2.05, 4.69) is 22.3 Å². The molecule has 30 heavy (non-hydrogen) atoms.